The Morgan fingerprint density at radius 3 is 2.37 bits per heavy atom. The number of halogens is 2. The van der Waals surface area contributed by atoms with E-state index < -0.39 is 5.92 Å². The van der Waals surface area contributed by atoms with Crippen LogP contribution in [0.2, 0.25) is 0 Å². The van der Waals surface area contributed by atoms with Gasteiger partial charge in [0.15, 0.2) is 11.5 Å². The van der Waals surface area contributed by atoms with Crippen LogP contribution in [0.5, 0.6) is 0 Å². The van der Waals surface area contributed by atoms with Crippen molar-refractivity contribution in [1.82, 2.24) is 4.98 Å². The molecule has 0 unspecified atom stereocenters. The van der Waals surface area contributed by atoms with Crippen molar-refractivity contribution in [3.63, 3.8) is 0 Å². The molecule has 0 bridgehead atoms. The van der Waals surface area contributed by atoms with Crippen LogP contribution < -0.4 is 4.90 Å². The highest BCUT2D eigenvalue weighted by atomic mass is 32.1. The number of alkyl halides is 2. The molecule has 1 aliphatic rings. The second kappa shape index (κ2) is 9.41. The average molecular weight is 391 g/mol. The molecule has 2 heterocycles. The molecule has 1 aromatic heterocycles. The Morgan fingerprint density at radius 1 is 1.11 bits per heavy atom. The van der Waals surface area contributed by atoms with Crippen molar-refractivity contribution < 1.29 is 13.0 Å². The molecular weight excluding hydrogens is 368 g/mol. The zero-order valence-corrected chi connectivity index (χ0v) is 16.2. The van der Waals surface area contributed by atoms with Crippen LogP contribution in [0.25, 0.3) is 22.2 Å². The van der Waals surface area contributed by atoms with Crippen molar-refractivity contribution in [3.8, 4) is 11.3 Å². The number of nitrogens with zero attached hydrogens (tertiary/aromatic N) is 1. The summed E-state index contributed by atoms with van der Waals surface area (Å²) in [5.74, 6) is -2.59. The Labute approximate surface area is 161 Å². The molecule has 4 rings (SSSR count). The van der Waals surface area contributed by atoms with Gasteiger partial charge in [0.25, 0.3) is 5.92 Å². The largest absolute Gasteiger partial charge is 0.365 e. The van der Waals surface area contributed by atoms with Crippen molar-refractivity contribution in [3.05, 3.63) is 54.6 Å². The zero-order chi connectivity index (χ0) is 19.9. The Hall–Kier alpha value is -2.54. The zero-order valence-electron chi connectivity index (χ0n) is 15.3. The smallest absolute Gasteiger partial charge is 0.266 e. The molecule has 3 aromatic rings. The van der Waals surface area contributed by atoms with E-state index in [0.717, 1.165) is 27.8 Å². The van der Waals surface area contributed by atoms with Crippen LogP contribution in [0.4, 0.5) is 14.5 Å². The number of aromatic nitrogens is 1. The number of benzene rings is 2. The maximum absolute atomic E-state index is 13.5. The quantitative estimate of drug-likeness (QED) is 0.591. The Balaban J connectivity index is 0.000000478. The molecule has 7 heteroatoms. The molecular formula is C20H23F2N3OS. The Bertz CT molecular complexity index is 887. The van der Waals surface area contributed by atoms with E-state index in [4.69, 9.17) is 8.99 Å². The number of para-hydroxylation sites is 2. The van der Waals surface area contributed by atoms with Crippen molar-refractivity contribution >= 4 is 28.1 Å². The van der Waals surface area contributed by atoms with Crippen LogP contribution in [-0.2, 0) is 11.5 Å². The lowest BCUT2D eigenvalue weighted by molar-refractivity contribution is 0.0257. The van der Waals surface area contributed by atoms with Crippen LogP contribution in [0.3, 0.4) is 0 Å². The summed E-state index contributed by atoms with van der Waals surface area (Å²) in [6.07, 6.45) is -0.0754. The number of aromatic amines is 1. The van der Waals surface area contributed by atoms with Crippen molar-refractivity contribution in [2.45, 2.75) is 26.2 Å². The van der Waals surface area contributed by atoms with E-state index in [1.54, 1.807) is 4.90 Å². The van der Waals surface area contributed by atoms with E-state index in [9.17, 15) is 8.78 Å². The first kappa shape index (κ1) is 20.8. The van der Waals surface area contributed by atoms with E-state index in [2.05, 4.69) is 11.1 Å². The molecule has 2 N–H and O–H groups in total. The monoisotopic (exact) mass is 391 g/mol. The molecule has 0 saturated carbocycles. The van der Waals surface area contributed by atoms with Gasteiger partial charge in [-0.05, 0) is 18.2 Å². The van der Waals surface area contributed by atoms with Gasteiger partial charge < -0.3 is 9.88 Å². The van der Waals surface area contributed by atoms with E-state index in [0.29, 0.717) is 6.54 Å². The third kappa shape index (κ3) is 5.01. The summed E-state index contributed by atoms with van der Waals surface area (Å²) >= 11 is -0.250. The van der Waals surface area contributed by atoms with Crippen molar-refractivity contribution in [2.75, 3.05) is 18.0 Å². The molecule has 1 aliphatic heterocycles. The molecule has 1 saturated heterocycles. The first-order chi connectivity index (χ1) is 13.0. The van der Waals surface area contributed by atoms with Crippen LogP contribution in [0, 0.1) is 4.78 Å². The molecule has 144 valence electrons. The summed E-state index contributed by atoms with van der Waals surface area (Å²) in [6, 6.07) is 17.9. The van der Waals surface area contributed by atoms with Crippen LogP contribution in [0.1, 0.15) is 20.3 Å². The number of hydrogen-bond donors (Lipinski definition) is 2. The van der Waals surface area contributed by atoms with Crippen LogP contribution in [-0.4, -0.2) is 28.2 Å². The van der Waals surface area contributed by atoms with E-state index >= 15 is 0 Å². The average Bonchev–Trinajstić information content (AvgIpc) is 3.27. The number of H-pyrrole nitrogens is 1. The lowest BCUT2D eigenvalue weighted by Crippen LogP contribution is -2.25. The van der Waals surface area contributed by atoms with Gasteiger partial charge in [-0.2, -0.15) is 4.21 Å². The second-order valence-corrected chi connectivity index (χ2v) is 6.06. The number of rotatable bonds is 2. The fourth-order valence-corrected chi connectivity index (χ4v) is 3.14. The SMILES string of the molecule is CC.FC1(F)CCN(c2ccccc2-c2cc3ccccc3[nH]2)C1.N=S=O. The molecule has 0 atom stereocenters. The van der Waals surface area contributed by atoms with Gasteiger partial charge in [-0.3, -0.25) is 0 Å². The molecule has 0 spiro atoms. The number of hydrogen-bond acceptors (Lipinski definition) is 3. The maximum Gasteiger partial charge on any atom is 0.266 e. The minimum absolute atomic E-state index is 0.0754. The molecule has 27 heavy (non-hydrogen) atoms. The highest BCUT2D eigenvalue weighted by molar-refractivity contribution is 7.53. The summed E-state index contributed by atoms with van der Waals surface area (Å²) in [5, 5.41) is 1.12. The molecule has 1 fully saturated rings. The maximum atomic E-state index is 13.5. The molecule has 2 aromatic carbocycles. The summed E-state index contributed by atoms with van der Waals surface area (Å²) in [7, 11) is 0. The van der Waals surface area contributed by atoms with Crippen molar-refractivity contribution in [2.24, 2.45) is 0 Å². The fraction of sp³-hybridized carbons (Fsp3) is 0.300. The third-order valence-electron chi connectivity index (χ3n) is 4.23. The Morgan fingerprint density at radius 2 is 1.74 bits per heavy atom. The van der Waals surface area contributed by atoms with Crippen molar-refractivity contribution in [1.29, 1.82) is 4.78 Å². The first-order valence-electron chi connectivity index (χ1n) is 8.79. The van der Waals surface area contributed by atoms with Crippen LogP contribution >= 0.6 is 0 Å². The van der Waals surface area contributed by atoms with E-state index in [1.807, 2.05) is 62.4 Å². The lowest BCUT2D eigenvalue weighted by atomic mass is 10.1. The number of nitrogens with one attached hydrogen (secondary N) is 2. The standard InChI is InChI=1S/C18H16F2N2.C2H6.HNOS/c19-18(20)9-10-22(12-18)17-8-4-2-6-14(17)16-11-13-5-1-3-7-15(13)21-16;1-2;1-3-2/h1-8,11,21H,9-10,12H2;1-2H3;1H. The molecule has 4 nitrogen and oxygen atoms in total. The minimum atomic E-state index is -2.59. The third-order valence-corrected chi connectivity index (χ3v) is 4.23. The fourth-order valence-electron chi connectivity index (χ4n) is 3.14. The second-order valence-electron chi connectivity index (χ2n) is 5.90. The van der Waals surface area contributed by atoms with Crippen LogP contribution in [0.15, 0.2) is 54.6 Å². The van der Waals surface area contributed by atoms with Gasteiger partial charge in [-0.25, -0.2) is 13.6 Å². The topological polar surface area (TPSA) is 60.0 Å². The Kier molecular flexibility index (Phi) is 7.24. The van der Waals surface area contributed by atoms with Gasteiger partial charge in [0.1, 0.15) is 0 Å². The summed E-state index contributed by atoms with van der Waals surface area (Å²) in [4.78, 5) is 5.16. The first-order valence-corrected chi connectivity index (χ1v) is 9.54. The summed E-state index contributed by atoms with van der Waals surface area (Å²) < 4.78 is 41.1. The van der Waals surface area contributed by atoms with E-state index in [-0.39, 0.29) is 24.4 Å². The summed E-state index contributed by atoms with van der Waals surface area (Å²) in [5.41, 5.74) is 3.86. The van der Waals surface area contributed by atoms with Gasteiger partial charge in [0, 0.05) is 40.8 Å². The lowest BCUT2D eigenvalue weighted by Gasteiger charge is -2.21. The predicted octanol–water partition coefficient (Wildman–Crippen LogP) is 5.67. The van der Waals surface area contributed by atoms with Gasteiger partial charge in [0.2, 0.25) is 0 Å². The van der Waals surface area contributed by atoms with Gasteiger partial charge in [-0.15, -0.1) is 0 Å². The van der Waals surface area contributed by atoms with E-state index in [1.165, 1.54) is 0 Å². The number of fused-ring (bicyclic) bond motifs is 1. The molecule has 0 radical (unpaired) electrons. The minimum Gasteiger partial charge on any atom is -0.365 e. The highest BCUT2D eigenvalue weighted by Gasteiger charge is 2.38. The number of anilines is 1. The molecule has 0 amide bonds. The van der Waals surface area contributed by atoms with Gasteiger partial charge in [0.05, 0.1) is 6.54 Å². The predicted molar refractivity (Wildman–Crippen MR) is 108 cm³/mol. The summed E-state index contributed by atoms with van der Waals surface area (Å²) in [6.45, 7) is 4.19. The normalized spacial score (nSPS) is 14.7. The van der Waals surface area contributed by atoms with Gasteiger partial charge >= 0.3 is 0 Å². The highest BCUT2D eigenvalue weighted by Crippen LogP contribution is 2.37. The van der Waals surface area contributed by atoms with Gasteiger partial charge in [-0.1, -0.05) is 50.2 Å². The molecule has 0 aliphatic carbocycles.